The van der Waals surface area contributed by atoms with Crippen molar-refractivity contribution in [1.82, 2.24) is 10.2 Å². The Hall–Kier alpha value is -0.900. The normalized spacial score (nSPS) is 21.0. The van der Waals surface area contributed by atoms with Crippen LogP contribution in [0.4, 0.5) is 0 Å². The summed E-state index contributed by atoms with van der Waals surface area (Å²) in [5.41, 5.74) is 5.66. The minimum atomic E-state index is -0.153. The van der Waals surface area contributed by atoms with Crippen LogP contribution in [0.25, 0.3) is 0 Å². The van der Waals surface area contributed by atoms with E-state index in [4.69, 9.17) is 10.2 Å². The van der Waals surface area contributed by atoms with E-state index in [-0.39, 0.29) is 6.04 Å². The topological polar surface area (TPSA) is 64.9 Å². The summed E-state index contributed by atoms with van der Waals surface area (Å²) in [6.45, 7) is 1.86. The summed E-state index contributed by atoms with van der Waals surface area (Å²) < 4.78 is 5.54. The van der Waals surface area contributed by atoms with Crippen molar-refractivity contribution >= 4 is 0 Å². The van der Waals surface area contributed by atoms with Gasteiger partial charge in [0.15, 0.2) is 0 Å². The van der Waals surface area contributed by atoms with Gasteiger partial charge in [0.2, 0.25) is 11.8 Å². The van der Waals surface area contributed by atoms with Gasteiger partial charge in [0.25, 0.3) is 0 Å². The Balaban J connectivity index is 2.07. The van der Waals surface area contributed by atoms with Crippen molar-refractivity contribution in [3.05, 3.63) is 11.8 Å². The van der Waals surface area contributed by atoms with Gasteiger partial charge in [-0.25, -0.2) is 0 Å². The molecule has 14 heavy (non-hydrogen) atoms. The first-order valence-corrected chi connectivity index (χ1v) is 5.36. The van der Waals surface area contributed by atoms with Crippen LogP contribution in [-0.2, 0) is 0 Å². The average molecular weight is 195 g/mol. The van der Waals surface area contributed by atoms with E-state index in [1.165, 1.54) is 32.1 Å². The van der Waals surface area contributed by atoms with Crippen molar-refractivity contribution in [2.75, 3.05) is 0 Å². The smallest absolute Gasteiger partial charge is 0.232 e. The lowest BCUT2D eigenvalue weighted by molar-refractivity contribution is 0.344. The molecule has 0 aliphatic heterocycles. The van der Waals surface area contributed by atoms with Gasteiger partial charge in [0.05, 0.1) is 6.04 Å². The predicted octanol–water partition coefficient (Wildman–Crippen LogP) is 2.14. The van der Waals surface area contributed by atoms with Gasteiger partial charge >= 0.3 is 0 Å². The van der Waals surface area contributed by atoms with Crippen LogP contribution in [-0.4, -0.2) is 10.2 Å². The van der Waals surface area contributed by atoms with Crippen molar-refractivity contribution in [2.45, 2.75) is 51.0 Å². The Kier molecular flexibility index (Phi) is 2.82. The lowest BCUT2D eigenvalue weighted by Crippen LogP contribution is -2.05. The van der Waals surface area contributed by atoms with Gasteiger partial charge in [0.1, 0.15) is 0 Å². The van der Waals surface area contributed by atoms with Crippen molar-refractivity contribution in [1.29, 1.82) is 0 Å². The Bertz CT molecular complexity index is 289. The molecule has 1 aliphatic carbocycles. The number of nitrogens with zero attached hydrogens (tertiary/aromatic N) is 2. The Labute approximate surface area is 83.9 Å². The predicted molar refractivity (Wildman–Crippen MR) is 52.7 cm³/mol. The number of hydrogen-bond donors (Lipinski definition) is 1. The number of nitrogens with two attached hydrogens (primary N) is 1. The summed E-state index contributed by atoms with van der Waals surface area (Å²) in [4.78, 5) is 0. The first kappa shape index (κ1) is 9.65. The summed E-state index contributed by atoms with van der Waals surface area (Å²) in [6.07, 6.45) is 6.26. The van der Waals surface area contributed by atoms with Gasteiger partial charge in [-0.3, -0.25) is 0 Å². The monoisotopic (exact) mass is 195 g/mol. The molecule has 0 radical (unpaired) electrons. The minimum absolute atomic E-state index is 0.153. The summed E-state index contributed by atoms with van der Waals surface area (Å²) >= 11 is 0. The van der Waals surface area contributed by atoms with Crippen LogP contribution in [0.2, 0.25) is 0 Å². The van der Waals surface area contributed by atoms with E-state index in [0.717, 1.165) is 5.89 Å². The molecule has 1 atom stereocenters. The lowest BCUT2D eigenvalue weighted by atomic mass is 9.89. The second-order valence-electron chi connectivity index (χ2n) is 4.10. The molecule has 0 saturated heterocycles. The SMILES string of the molecule is C[C@H](N)c1nnc(C2CCCCC2)o1. The third-order valence-corrected chi connectivity index (χ3v) is 2.80. The van der Waals surface area contributed by atoms with Crippen LogP contribution < -0.4 is 5.73 Å². The Morgan fingerprint density at radius 2 is 2.00 bits per heavy atom. The highest BCUT2D eigenvalue weighted by molar-refractivity contribution is 4.94. The molecular formula is C10H17N3O. The van der Waals surface area contributed by atoms with Crippen LogP contribution in [0.3, 0.4) is 0 Å². The molecule has 0 spiro atoms. The Morgan fingerprint density at radius 3 is 2.57 bits per heavy atom. The molecule has 2 N–H and O–H groups in total. The zero-order chi connectivity index (χ0) is 9.97. The van der Waals surface area contributed by atoms with Crippen LogP contribution in [0, 0.1) is 0 Å². The van der Waals surface area contributed by atoms with E-state index in [1.807, 2.05) is 6.92 Å². The highest BCUT2D eigenvalue weighted by Gasteiger charge is 2.21. The first-order chi connectivity index (χ1) is 6.77. The summed E-state index contributed by atoms with van der Waals surface area (Å²) in [6, 6.07) is -0.153. The van der Waals surface area contributed by atoms with Gasteiger partial charge in [-0.2, -0.15) is 0 Å². The third kappa shape index (κ3) is 1.95. The lowest BCUT2D eigenvalue weighted by Gasteiger charge is -2.17. The van der Waals surface area contributed by atoms with Crippen LogP contribution in [0.15, 0.2) is 4.42 Å². The molecule has 1 aromatic rings. The largest absolute Gasteiger partial charge is 0.423 e. The zero-order valence-electron chi connectivity index (χ0n) is 8.57. The molecule has 1 aliphatic rings. The molecule has 0 unspecified atom stereocenters. The highest BCUT2D eigenvalue weighted by atomic mass is 16.4. The molecule has 2 rings (SSSR count). The summed E-state index contributed by atoms with van der Waals surface area (Å²) in [5.74, 6) is 1.83. The fourth-order valence-electron chi connectivity index (χ4n) is 1.95. The van der Waals surface area contributed by atoms with Gasteiger partial charge < -0.3 is 10.2 Å². The standard InChI is InChI=1S/C10H17N3O/c1-7(11)9-12-13-10(14-9)8-5-3-2-4-6-8/h7-8H,2-6,11H2,1H3/t7-/m0/s1. The van der Waals surface area contributed by atoms with Crippen LogP contribution in [0.1, 0.15) is 62.8 Å². The fourth-order valence-corrected chi connectivity index (χ4v) is 1.95. The first-order valence-electron chi connectivity index (χ1n) is 5.36. The van der Waals surface area contributed by atoms with E-state index >= 15 is 0 Å². The molecular weight excluding hydrogens is 178 g/mol. The Morgan fingerprint density at radius 1 is 1.29 bits per heavy atom. The third-order valence-electron chi connectivity index (χ3n) is 2.80. The van der Waals surface area contributed by atoms with E-state index in [9.17, 15) is 0 Å². The minimum Gasteiger partial charge on any atom is -0.423 e. The van der Waals surface area contributed by atoms with Crippen molar-refractivity contribution in [3.8, 4) is 0 Å². The van der Waals surface area contributed by atoms with Gasteiger partial charge in [-0.15, -0.1) is 10.2 Å². The molecule has 4 nitrogen and oxygen atoms in total. The summed E-state index contributed by atoms with van der Waals surface area (Å²) in [5, 5.41) is 8.01. The molecule has 0 aromatic carbocycles. The zero-order valence-corrected chi connectivity index (χ0v) is 8.57. The van der Waals surface area contributed by atoms with Crippen LogP contribution in [0.5, 0.6) is 0 Å². The molecule has 1 saturated carbocycles. The van der Waals surface area contributed by atoms with Gasteiger partial charge in [0, 0.05) is 5.92 Å². The molecule has 0 bridgehead atoms. The van der Waals surface area contributed by atoms with E-state index in [2.05, 4.69) is 10.2 Å². The second-order valence-corrected chi connectivity index (χ2v) is 4.10. The maximum absolute atomic E-state index is 5.66. The molecule has 4 heteroatoms. The average Bonchev–Trinajstić information content (AvgIpc) is 2.68. The molecule has 0 amide bonds. The number of aromatic nitrogens is 2. The van der Waals surface area contributed by atoms with Gasteiger partial charge in [-0.1, -0.05) is 19.3 Å². The van der Waals surface area contributed by atoms with E-state index in [1.54, 1.807) is 0 Å². The van der Waals surface area contributed by atoms with Crippen molar-refractivity contribution in [3.63, 3.8) is 0 Å². The second kappa shape index (κ2) is 4.09. The molecule has 1 heterocycles. The maximum atomic E-state index is 5.66. The number of hydrogen-bond acceptors (Lipinski definition) is 4. The van der Waals surface area contributed by atoms with Crippen LogP contribution >= 0.6 is 0 Å². The quantitative estimate of drug-likeness (QED) is 0.785. The highest BCUT2D eigenvalue weighted by Crippen LogP contribution is 2.31. The summed E-state index contributed by atoms with van der Waals surface area (Å²) in [7, 11) is 0. The van der Waals surface area contributed by atoms with Crippen molar-refractivity contribution in [2.24, 2.45) is 5.73 Å². The molecule has 1 fully saturated rings. The van der Waals surface area contributed by atoms with E-state index in [0.29, 0.717) is 11.8 Å². The fraction of sp³-hybridized carbons (Fsp3) is 0.800. The maximum Gasteiger partial charge on any atom is 0.232 e. The van der Waals surface area contributed by atoms with Crippen molar-refractivity contribution < 1.29 is 4.42 Å². The van der Waals surface area contributed by atoms with E-state index < -0.39 is 0 Å². The molecule has 1 aromatic heterocycles. The van der Waals surface area contributed by atoms with Gasteiger partial charge in [-0.05, 0) is 19.8 Å². The number of rotatable bonds is 2. The molecule has 78 valence electrons.